The van der Waals surface area contributed by atoms with Gasteiger partial charge in [-0.1, -0.05) is 37.1 Å². The van der Waals surface area contributed by atoms with Crippen LogP contribution in [0.2, 0.25) is 0 Å². The van der Waals surface area contributed by atoms with Gasteiger partial charge < -0.3 is 0 Å². The summed E-state index contributed by atoms with van der Waals surface area (Å²) in [6, 6.07) is 0. The van der Waals surface area contributed by atoms with Gasteiger partial charge in [0.15, 0.2) is 0 Å². The van der Waals surface area contributed by atoms with Gasteiger partial charge in [-0.15, -0.1) is 0 Å². The van der Waals surface area contributed by atoms with Crippen LogP contribution in [0.25, 0.3) is 0 Å². The van der Waals surface area contributed by atoms with Crippen LogP contribution in [0, 0.1) is 5.41 Å². The van der Waals surface area contributed by atoms with Crippen LogP contribution in [0.4, 0.5) is 0 Å². The molecule has 1 unspecified atom stereocenters. The summed E-state index contributed by atoms with van der Waals surface area (Å²) in [7, 11) is 0. The number of hydrogen-bond acceptors (Lipinski definition) is 0. The van der Waals surface area contributed by atoms with Crippen molar-refractivity contribution in [3.8, 4) is 0 Å². The van der Waals surface area contributed by atoms with E-state index in [2.05, 4.69) is 19.6 Å². The van der Waals surface area contributed by atoms with Gasteiger partial charge in [0.25, 0.3) is 0 Å². The Bertz CT molecular complexity index is 234. The Morgan fingerprint density at radius 3 is 2.92 bits per heavy atom. The van der Waals surface area contributed by atoms with E-state index in [4.69, 9.17) is 0 Å². The largest absolute Gasteiger partial charge is 0.0958 e. The summed E-state index contributed by atoms with van der Waals surface area (Å²) < 4.78 is 0. The van der Waals surface area contributed by atoms with Crippen molar-refractivity contribution in [2.45, 2.75) is 45.4 Å². The fourth-order valence-electron chi connectivity index (χ4n) is 2.58. The lowest BCUT2D eigenvalue weighted by Gasteiger charge is -2.39. The molecule has 0 N–H and O–H groups in total. The Balaban J connectivity index is 2.29. The minimum atomic E-state index is 0.555. The highest BCUT2D eigenvalue weighted by Gasteiger charge is 2.33. The lowest BCUT2D eigenvalue weighted by Crippen LogP contribution is -2.25. The molecule has 0 spiro atoms. The van der Waals surface area contributed by atoms with Crippen LogP contribution in [0.1, 0.15) is 45.4 Å². The molecule has 2 aliphatic rings. The van der Waals surface area contributed by atoms with Crippen molar-refractivity contribution >= 4 is 0 Å². The van der Waals surface area contributed by atoms with Gasteiger partial charge in [0.05, 0.1) is 0 Å². The Kier molecular flexibility index (Phi) is 1.86. The zero-order chi connectivity index (χ0) is 8.60. The van der Waals surface area contributed by atoms with E-state index in [1.54, 1.807) is 5.57 Å². The monoisotopic (exact) mass is 162 g/mol. The van der Waals surface area contributed by atoms with Gasteiger partial charge in [-0.3, -0.25) is 0 Å². The van der Waals surface area contributed by atoms with E-state index in [0.29, 0.717) is 5.41 Å². The number of allylic oxidation sites excluding steroid dienone is 3. The Hall–Kier alpha value is -0.520. The fourth-order valence-corrected chi connectivity index (χ4v) is 2.58. The smallest absolute Gasteiger partial charge is 0.0110 e. The summed E-state index contributed by atoms with van der Waals surface area (Å²) in [5.41, 5.74) is 3.59. The van der Waals surface area contributed by atoms with Crippen molar-refractivity contribution in [3.05, 3.63) is 23.8 Å². The van der Waals surface area contributed by atoms with Crippen molar-refractivity contribution in [1.29, 1.82) is 0 Å². The van der Waals surface area contributed by atoms with Crippen LogP contribution in [-0.4, -0.2) is 0 Å². The van der Waals surface area contributed by atoms with Crippen LogP contribution in [-0.2, 0) is 0 Å². The second kappa shape index (κ2) is 2.76. The van der Waals surface area contributed by atoms with Crippen molar-refractivity contribution in [2.24, 2.45) is 5.41 Å². The molecule has 0 aromatic carbocycles. The van der Waals surface area contributed by atoms with Gasteiger partial charge in [-0.05, 0) is 37.5 Å². The van der Waals surface area contributed by atoms with E-state index in [-0.39, 0.29) is 0 Å². The minimum absolute atomic E-state index is 0.555. The van der Waals surface area contributed by atoms with E-state index in [0.717, 1.165) is 0 Å². The molecule has 1 saturated carbocycles. The molecule has 12 heavy (non-hydrogen) atoms. The maximum absolute atomic E-state index is 4.06. The SMILES string of the molecule is C=C1C=C2CCCCC2(C)CC1. The van der Waals surface area contributed by atoms with Gasteiger partial charge in [0, 0.05) is 0 Å². The second-order valence-corrected chi connectivity index (χ2v) is 4.60. The lowest BCUT2D eigenvalue weighted by atomic mass is 9.65. The molecule has 0 aliphatic heterocycles. The Morgan fingerprint density at radius 1 is 1.25 bits per heavy atom. The first-order valence-electron chi connectivity index (χ1n) is 5.10. The summed E-state index contributed by atoms with van der Waals surface area (Å²) in [5.74, 6) is 0. The highest BCUT2D eigenvalue weighted by atomic mass is 14.4. The summed E-state index contributed by atoms with van der Waals surface area (Å²) in [6.07, 6.45) is 10.5. The van der Waals surface area contributed by atoms with E-state index >= 15 is 0 Å². The van der Waals surface area contributed by atoms with E-state index < -0.39 is 0 Å². The fraction of sp³-hybridized carbons (Fsp3) is 0.667. The van der Waals surface area contributed by atoms with E-state index in [1.165, 1.54) is 44.1 Å². The third-order valence-electron chi connectivity index (χ3n) is 3.58. The molecule has 1 atom stereocenters. The van der Waals surface area contributed by atoms with Crippen LogP contribution in [0.15, 0.2) is 23.8 Å². The van der Waals surface area contributed by atoms with Crippen LogP contribution in [0.3, 0.4) is 0 Å². The standard InChI is InChI=1S/C12H18/c1-10-6-8-12(2)7-4-3-5-11(12)9-10/h9H,1,3-8H2,2H3. The molecule has 0 bridgehead atoms. The average Bonchev–Trinajstić information content (AvgIpc) is 2.06. The predicted octanol–water partition coefficient (Wildman–Crippen LogP) is 3.84. The molecule has 0 radical (unpaired) electrons. The molecule has 1 fully saturated rings. The molecule has 0 heterocycles. The molecule has 2 aliphatic carbocycles. The maximum atomic E-state index is 4.06. The van der Waals surface area contributed by atoms with Gasteiger partial charge in [-0.2, -0.15) is 0 Å². The molecular formula is C12H18. The second-order valence-electron chi connectivity index (χ2n) is 4.60. The molecule has 0 amide bonds. The summed E-state index contributed by atoms with van der Waals surface area (Å²) in [6.45, 7) is 6.49. The molecule has 0 saturated heterocycles. The van der Waals surface area contributed by atoms with Crippen molar-refractivity contribution in [2.75, 3.05) is 0 Å². The molecule has 0 nitrogen and oxygen atoms in total. The summed E-state index contributed by atoms with van der Waals surface area (Å²) in [4.78, 5) is 0. The van der Waals surface area contributed by atoms with Gasteiger partial charge in [-0.25, -0.2) is 0 Å². The zero-order valence-corrected chi connectivity index (χ0v) is 8.03. The summed E-state index contributed by atoms with van der Waals surface area (Å²) in [5, 5.41) is 0. The highest BCUT2D eigenvalue weighted by molar-refractivity contribution is 5.30. The van der Waals surface area contributed by atoms with Crippen molar-refractivity contribution in [3.63, 3.8) is 0 Å². The van der Waals surface area contributed by atoms with Gasteiger partial charge >= 0.3 is 0 Å². The third-order valence-corrected chi connectivity index (χ3v) is 3.58. The zero-order valence-electron chi connectivity index (χ0n) is 8.03. The lowest BCUT2D eigenvalue weighted by molar-refractivity contribution is 0.274. The Morgan fingerprint density at radius 2 is 2.08 bits per heavy atom. The number of rotatable bonds is 0. The van der Waals surface area contributed by atoms with Crippen molar-refractivity contribution < 1.29 is 0 Å². The molecular weight excluding hydrogens is 144 g/mol. The minimum Gasteiger partial charge on any atom is -0.0958 e. The number of fused-ring (bicyclic) bond motifs is 1. The van der Waals surface area contributed by atoms with Gasteiger partial charge in [0.1, 0.15) is 0 Å². The quantitative estimate of drug-likeness (QED) is 0.507. The van der Waals surface area contributed by atoms with Crippen LogP contribution < -0.4 is 0 Å². The van der Waals surface area contributed by atoms with Crippen LogP contribution in [0.5, 0.6) is 0 Å². The van der Waals surface area contributed by atoms with Crippen molar-refractivity contribution in [1.82, 2.24) is 0 Å². The molecule has 66 valence electrons. The maximum Gasteiger partial charge on any atom is -0.0110 e. The summed E-state index contributed by atoms with van der Waals surface area (Å²) >= 11 is 0. The topological polar surface area (TPSA) is 0 Å². The van der Waals surface area contributed by atoms with E-state index in [1.807, 2.05) is 0 Å². The highest BCUT2D eigenvalue weighted by Crippen LogP contribution is 2.47. The Labute approximate surface area is 75.4 Å². The average molecular weight is 162 g/mol. The molecule has 0 aromatic rings. The predicted molar refractivity (Wildman–Crippen MR) is 53.0 cm³/mol. The van der Waals surface area contributed by atoms with E-state index in [9.17, 15) is 0 Å². The van der Waals surface area contributed by atoms with Gasteiger partial charge in [0.2, 0.25) is 0 Å². The normalized spacial score (nSPS) is 35.8. The molecule has 2 rings (SSSR count). The molecule has 0 heteroatoms. The first-order chi connectivity index (χ1) is 5.71. The van der Waals surface area contributed by atoms with Crippen LogP contribution >= 0.6 is 0 Å². The third kappa shape index (κ3) is 1.24. The molecule has 0 aromatic heterocycles. The number of hydrogen-bond donors (Lipinski definition) is 0. The first-order valence-corrected chi connectivity index (χ1v) is 5.10. The first kappa shape index (κ1) is 8.10.